The number of hydrogen-bond acceptors (Lipinski definition) is 4. The fourth-order valence-electron chi connectivity index (χ4n) is 4.19. The van der Waals surface area contributed by atoms with E-state index in [1.807, 2.05) is 0 Å². The zero-order chi connectivity index (χ0) is 16.8. The molecule has 2 aliphatic heterocycles. The van der Waals surface area contributed by atoms with Crippen LogP contribution in [0.3, 0.4) is 0 Å². The van der Waals surface area contributed by atoms with Gasteiger partial charge < -0.3 is 4.90 Å². The molecule has 0 spiro atoms. The summed E-state index contributed by atoms with van der Waals surface area (Å²) in [5.41, 5.74) is 4.69. The summed E-state index contributed by atoms with van der Waals surface area (Å²) < 4.78 is 23.0. The fraction of sp³-hybridized carbons (Fsp3) is 0.300. The van der Waals surface area contributed by atoms with E-state index in [1.165, 1.54) is 11.1 Å². The summed E-state index contributed by atoms with van der Waals surface area (Å²) in [4.78, 5) is 2.37. The van der Waals surface area contributed by atoms with Gasteiger partial charge in [0.25, 0.3) is 0 Å². The van der Waals surface area contributed by atoms with Crippen molar-refractivity contribution in [3.05, 3.63) is 59.7 Å². The summed E-state index contributed by atoms with van der Waals surface area (Å²) in [5, 5.41) is 0. The Morgan fingerprint density at radius 1 is 0.880 bits per heavy atom. The Morgan fingerprint density at radius 3 is 2.20 bits per heavy atom. The normalized spacial score (nSPS) is 30.3. The minimum absolute atomic E-state index is 0.0879. The molecule has 5 heteroatoms. The molecule has 4 unspecified atom stereocenters. The average Bonchev–Trinajstić information content (AvgIpc) is 2.94. The van der Waals surface area contributed by atoms with Gasteiger partial charge in [-0.15, -0.1) is 0 Å². The van der Waals surface area contributed by atoms with Gasteiger partial charge in [0.05, 0.1) is 6.04 Å². The van der Waals surface area contributed by atoms with E-state index in [9.17, 15) is 4.21 Å². The highest BCUT2D eigenvalue weighted by Gasteiger charge is 2.46. The number of anilines is 2. The van der Waals surface area contributed by atoms with Gasteiger partial charge in [0.2, 0.25) is 0 Å². The van der Waals surface area contributed by atoms with Crippen molar-refractivity contribution in [2.75, 3.05) is 4.90 Å². The maximum absolute atomic E-state index is 11.8. The molecule has 5 rings (SSSR count). The van der Waals surface area contributed by atoms with Gasteiger partial charge in [-0.05, 0) is 42.5 Å². The van der Waals surface area contributed by atoms with Crippen LogP contribution in [0.4, 0.5) is 11.4 Å². The maximum atomic E-state index is 11.8. The Hall–Kier alpha value is -1.95. The van der Waals surface area contributed by atoms with Gasteiger partial charge in [0.1, 0.15) is 12.2 Å². The maximum Gasteiger partial charge on any atom is 0.305 e. The van der Waals surface area contributed by atoms with Crippen molar-refractivity contribution in [1.29, 1.82) is 0 Å². The summed E-state index contributed by atoms with van der Waals surface area (Å²) in [6.45, 7) is 0. The van der Waals surface area contributed by atoms with Crippen LogP contribution in [0.2, 0.25) is 0 Å². The molecular formula is C20H19NO3S. The molecule has 0 amide bonds. The predicted molar refractivity (Wildman–Crippen MR) is 99.5 cm³/mol. The van der Waals surface area contributed by atoms with E-state index in [0.29, 0.717) is 0 Å². The number of rotatable bonds is 1. The molecule has 0 bridgehead atoms. The van der Waals surface area contributed by atoms with E-state index >= 15 is 0 Å². The Bertz CT molecular complexity index is 816. The minimum atomic E-state index is -1.63. The molecule has 4 nitrogen and oxygen atoms in total. The topological polar surface area (TPSA) is 38.8 Å². The van der Waals surface area contributed by atoms with E-state index in [-0.39, 0.29) is 18.2 Å². The number of hydrogen-bond donors (Lipinski definition) is 0. The highest BCUT2D eigenvalue weighted by atomic mass is 32.2. The van der Waals surface area contributed by atoms with Gasteiger partial charge in [-0.2, -0.15) is 4.21 Å². The van der Waals surface area contributed by atoms with Crippen molar-refractivity contribution < 1.29 is 12.6 Å². The van der Waals surface area contributed by atoms with E-state index < -0.39 is 11.4 Å². The molecule has 2 aromatic rings. The number of benzene rings is 2. The number of para-hydroxylation sites is 2. The van der Waals surface area contributed by atoms with E-state index in [4.69, 9.17) is 8.37 Å². The lowest BCUT2D eigenvalue weighted by Gasteiger charge is -2.40. The Kier molecular flexibility index (Phi) is 3.73. The summed E-state index contributed by atoms with van der Waals surface area (Å²) in [5.74, 6) is 0. The van der Waals surface area contributed by atoms with Crippen LogP contribution in [0.1, 0.15) is 30.4 Å². The van der Waals surface area contributed by atoms with Crippen LogP contribution in [0.25, 0.3) is 12.2 Å². The summed E-state index contributed by atoms with van der Waals surface area (Å²) in [6, 6.07) is 16.9. The molecular weight excluding hydrogens is 334 g/mol. The van der Waals surface area contributed by atoms with Crippen molar-refractivity contribution in [3.63, 3.8) is 0 Å². The predicted octanol–water partition coefficient (Wildman–Crippen LogP) is 4.22. The van der Waals surface area contributed by atoms with Gasteiger partial charge in [0.15, 0.2) is 0 Å². The Morgan fingerprint density at radius 2 is 1.52 bits per heavy atom. The molecule has 2 fully saturated rings. The average molecular weight is 353 g/mol. The van der Waals surface area contributed by atoms with Crippen LogP contribution in [0, 0.1) is 0 Å². The molecule has 1 aliphatic carbocycles. The third kappa shape index (κ3) is 2.54. The highest BCUT2D eigenvalue weighted by molar-refractivity contribution is 7.75. The summed E-state index contributed by atoms with van der Waals surface area (Å²) in [7, 11) is 0. The first-order chi connectivity index (χ1) is 12.3. The van der Waals surface area contributed by atoms with Gasteiger partial charge in [0, 0.05) is 11.4 Å². The molecule has 0 N–H and O–H groups in total. The third-order valence-corrected chi connectivity index (χ3v) is 6.08. The van der Waals surface area contributed by atoms with Gasteiger partial charge >= 0.3 is 11.4 Å². The largest absolute Gasteiger partial charge is 0.335 e. The minimum Gasteiger partial charge on any atom is -0.335 e. The lowest BCUT2D eigenvalue weighted by molar-refractivity contribution is 0.0920. The van der Waals surface area contributed by atoms with Crippen LogP contribution < -0.4 is 4.90 Å². The standard InChI is InChI=1S/C20H19NO3S/c22-25-23-19-11-5-10-18(20(19)24-25)21-16-8-3-1-6-14(16)12-13-15-7-2-4-9-17(15)21/h1-4,6-9,12-13,18-20H,5,10-11H2. The molecule has 1 saturated heterocycles. The third-order valence-electron chi connectivity index (χ3n) is 5.29. The fourth-order valence-corrected chi connectivity index (χ4v) is 5.07. The zero-order valence-corrected chi connectivity index (χ0v) is 14.5. The van der Waals surface area contributed by atoms with Crippen molar-refractivity contribution in [1.82, 2.24) is 0 Å². The van der Waals surface area contributed by atoms with Crippen LogP contribution >= 0.6 is 0 Å². The Labute approximate surface area is 149 Å². The molecule has 25 heavy (non-hydrogen) atoms. The second kappa shape index (κ2) is 6.09. The van der Waals surface area contributed by atoms with Crippen molar-refractivity contribution in [3.8, 4) is 0 Å². The summed E-state index contributed by atoms with van der Waals surface area (Å²) in [6.07, 6.45) is 7.01. The molecule has 2 aromatic carbocycles. The molecule has 0 aromatic heterocycles. The van der Waals surface area contributed by atoms with E-state index in [1.54, 1.807) is 0 Å². The van der Waals surface area contributed by atoms with Gasteiger partial charge in [-0.25, -0.2) is 0 Å². The van der Waals surface area contributed by atoms with Crippen molar-refractivity contribution in [2.24, 2.45) is 0 Å². The second-order valence-electron chi connectivity index (χ2n) is 6.72. The number of fused-ring (bicyclic) bond motifs is 3. The van der Waals surface area contributed by atoms with E-state index in [0.717, 1.165) is 30.6 Å². The first kappa shape index (κ1) is 15.3. The molecule has 0 radical (unpaired) electrons. The molecule has 3 aliphatic rings. The van der Waals surface area contributed by atoms with Crippen LogP contribution in [-0.4, -0.2) is 22.5 Å². The molecule has 128 valence electrons. The van der Waals surface area contributed by atoms with Crippen LogP contribution in [-0.2, 0) is 19.7 Å². The SMILES string of the molecule is O=S1OC2CCCC(N3c4ccccc4C=Cc4ccccc43)C2O1. The quantitative estimate of drug-likeness (QED) is 0.769. The zero-order valence-electron chi connectivity index (χ0n) is 13.7. The van der Waals surface area contributed by atoms with Crippen LogP contribution in [0.5, 0.6) is 0 Å². The van der Waals surface area contributed by atoms with Gasteiger partial charge in [-0.3, -0.25) is 8.37 Å². The smallest absolute Gasteiger partial charge is 0.305 e. The number of nitrogens with zero attached hydrogens (tertiary/aromatic N) is 1. The second-order valence-corrected chi connectivity index (χ2v) is 7.51. The highest BCUT2D eigenvalue weighted by Crippen LogP contribution is 2.43. The molecule has 2 heterocycles. The van der Waals surface area contributed by atoms with Crippen LogP contribution in [0.15, 0.2) is 48.5 Å². The Balaban J connectivity index is 1.67. The summed E-state index contributed by atoms with van der Waals surface area (Å²) >= 11 is -1.63. The van der Waals surface area contributed by atoms with E-state index in [2.05, 4.69) is 65.6 Å². The van der Waals surface area contributed by atoms with Gasteiger partial charge in [-0.1, -0.05) is 48.6 Å². The lowest BCUT2D eigenvalue weighted by Crippen LogP contribution is -2.48. The first-order valence-electron chi connectivity index (χ1n) is 8.73. The molecule has 4 atom stereocenters. The van der Waals surface area contributed by atoms with Crippen molar-refractivity contribution in [2.45, 2.75) is 37.5 Å². The monoisotopic (exact) mass is 353 g/mol. The van der Waals surface area contributed by atoms with Crippen molar-refractivity contribution >= 4 is 34.9 Å². The molecule has 1 saturated carbocycles. The first-order valence-corrected chi connectivity index (χ1v) is 9.73. The lowest BCUT2D eigenvalue weighted by atomic mass is 9.88.